The number of nitrogens with zero attached hydrogens (tertiary/aromatic N) is 2. The van der Waals surface area contributed by atoms with Crippen LogP contribution in [0.25, 0.3) is 0 Å². The maximum Gasteiger partial charge on any atom is 0.0278 e. The van der Waals surface area contributed by atoms with E-state index in [9.17, 15) is 0 Å². The SMILES string of the molecule is CC(C)C1CCC(NCC(C)(C)N2CCN(C)CC2)CC1. The largest absolute Gasteiger partial charge is 0.312 e. The van der Waals surface area contributed by atoms with Gasteiger partial charge in [0.05, 0.1) is 0 Å². The summed E-state index contributed by atoms with van der Waals surface area (Å²) in [6, 6.07) is 0.756. The highest BCUT2D eigenvalue weighted by atomic mass is 15.3. The minimum absolute atomic E-state index is 0.288. The van der Waals surface area contributed by atoms with E-state index in [1.54, 1.807) is 0 Å². The molecule has 21 heavy (non-hydrogen) atoms. The fraction of sp³-hybridized carbons (Fsp3) is 1.00. The van der Waals surface area contributed by atoms with Crippen LogP contribution in [0.3, 0.4) is 0 Å². The molecule has 2 rings (SSSR count). The average Bonchev–Trinajstić information content (AvgIpc) is 2.46. The zero-order valence-corrected chi connectivity index (χ0v) is 15.0. The van der Waals surface area contributed by atoms with Crippen LogP contribution >= 0.6 is 0 Å². The van der Waals surface area contributed by atoms with Crippen LogP contribution in [0.5, 0.6) is 0 Å². The van der Waals surface area contributed by atoms with E-state index in [4.69, 9.17) is 0 Å². The molecule has 1 heterocycles. The quantitative estimate of drug-likeness (QED) is 0.841. The minimum atomic E-state index is 0.288. The van der Waals surface area contributed by atoms with Crippen molar-refractivity contribution < 1.29 is 0 Å². The maximum absolute atomic E-state index is 3.87. The monoisotopic (exact) mass is 295 g/mol. The summed E-state index contributed by atoms with van der Waals surface area (Å²) >= 11 is 0. The summed E-state index contributed by atoms with van der Waals surface area (Å²) in [6.45, 7) is 15.6. The summed E-state index contributed by atoms with van der Waals surface area (Å²) in [5, 5.41) is 3.87. The van der Waals surface area contributed by atoms with Crippen LogP contribution in [0.15, 0.2) is 0 Å². The normalized spacial score (nSPS) is 30.0. The van der Waals surface area contributed by atoms with Crippen molar-refractivity contribution in [2.24, 2.45) is 11.8 Å². The van der Waals surface area contributed by atoms with Gasteiger partial charge in [0.15, 0.2) is 0 Å². The fourth-order valence-electron chi connectivity index (χ4n) is 3.91. The first-order valence-corrected chi connectivity index (χ1v) is 9.05. The Kier molecular flexibility index (Phi) is 6.10. The van der Waals surface area contributed by atoms with Crippen molar-refractivity contribution in [2.75, 3.05) is 39.8 Å². The molecule has 0 aromatic heterocycles. The van der Waals surface area contributed by atoms with Crippen LogP contribution in [-0.2, 0) is 0 Å². The van der Waals surface area contributed by atoms with Crippen molar-refractivity contribution >= 4 is 0 Å². The lowest BCUT2D eigenvalue weighted by Crippen LogP contribution is -2.58. The van der Waals surface area contributed by atoms with Gasteiger partial charge in [-0.25, -0.2) is 0 Å². The molecule has 0 bridgehead atoms. The topological polar surface area (TPSA) is 18.5 Å². The summed E-state index contributed by atoms with van der Waals surface area (Å²) < 4.78 is 0. The molecule has 3 heteroatoms. The molecule has 1 aliphatic heterocycles. The Bertz CT molecular complexity index is 298. The van der Waals surface area contributed by atoms with Crippen molar-refractivity contribution in [3.63, 3.8) is 0 Å². The van der Waals surface area contributed by atoms with Gasteiger partial charge in [0.2, 0.25) is 0 Å². The van der Waals surface area contributed by atoms with E-state index in [-0.39, 0.29) is 5.54 Å². The highest BCUT2D eigenvalue weighted by Gasteiger charge is 2.30. The van der Waals surface area contributed by atoms with Crippen molar-refractivity contribution in [3.05, 3.63) is 0 Å². The summed E-state index contributed by atoms with van der Waals surface area (Å²) in [5.41, 5.74) is 0.288. The third-order valence-corrected chi connectivity index (χ3v) is 5.90. The Balaban J connectivity index is 1.72. The smallest absolute Gasteiger partial charge is 0.0278 e. The Morgan fingerprint density at radius 2 is 1.57 bits per heavy atom. The van der Waals surface area contributed by atoms with Gasteiger partial charge in [-0.05, 0) is 58.4 Å². The van der Waals surface area contributed by atoms with Crippen molar-refractivity contribution in [1.82, 2.24) is 15.1 Å². The van der Waals surface area contributed by atoms with Gasteiger partial charge in [-0.2, -0.15) is 0 Å². The second-order valence-electron chi connectivity index (χ2n) is 8.34. The van der Waals surface area contributed by atoms with Crippen LogP contribution in [0.4, 0.5) is 0 Å². The Labute approximate surface area is 132 Å². The summed E-state index contributed by atoms with van der Waals surface area (Å²) in [5.74, 6) is 1.83. The fourth-order valence-corrected chi connectivity index (χ4v) is 3.91. The van der Waals surface area contributed by atoms with E-state index in [1.807, 2.05) is 0 Å². The van der Waals surface area contributed by atoms with Gasteiger partial charge in [-0.3, -0.25) is 4.90 Å². The molecule has 0 unspecified atom stereocenters. The van der Waals surface area contributed by atoms with Gasteiger partial charge >= 0.3 is 0 Å². The standard InChI is InChI=1S/C18H37N3/c1-15(2)16-6-8-17(9-7-16)19-14-18(3,4)21-12-10-20(5)11-13-21/h15-17,19H,6-14H2,1-5H3. The first-order chi connectivity index (χ1) is 9.88. The molecular formula is C18H37N3. The van der Waals surface area contributed by atoms with Crippen molar-refractivity contribution in [2.45, 2.75) is 65.0 Å². The Hall–Kier alpha value is -0.120. The molecule has 2 fully saturated rings. The third kappa shape index (κ3) is 4.94. The zero-order chi connectivity index (χ0) is 15.5. The number of hydrogen-bond donors (Lipinski definition) is 1. The summed E-state index contributed by atoms with van der Waals surface area (Å²) in [4.78, 5) is 5.10. The van der Waals surface area contributed by atoms with E-state index >= 15 is 0 Å². The molecule has 0 aromatic rings. The molecule has 2 aliphatic rings. The predicted molar refractivity (Wildman–Crippen MR) is 91.7 cm³/mol. The van der Waals surface area contributed by atoms with Crippen LogP contribution in [0.1, 0.15) is 53.4 Å². The maximum atomic E-state index is 3.87. The second-order valence-corrected chi connectivity index (χ2v) is 8.34. The first kappa shape index (κ1) is 17.2. The van der Waals surface area contributed by atoms with E-state index in [0.717, 1.165) is 24.4 Å². The Morgan fingerprint density at radius 3 is 2.10 bits per heavy atom. The molecule has 0 atom stereocenters. The van der Waals surface area contributed by atoms with Gasteiger partial charge in [0.1, 0.15) is 0 Å². The lowest BCUT2D eigenvalue weighted by Gasteiger charge is -2.44. The molecule has 0 spiro atoms. The van der Waals surface area contributed by atoms with E-state index in [0.29, 0.717) is 0 Å². The van der Waals surface area contributed by atoms with Crippen LogP contribution in [-0.4, -0.2) is 61.2 Å². The van der Waals surface area contributed by atoms with Gasteiger partial charge in [0.25, 0.3) is 0 Å². The van der Waals surface area contributed by atoms with Gasteiger partial charge in [-0.15, -0.1) is 0 Å². The number of piperazine rings is 1. The van der Waals surface area contributed by atoms with Crippen molar-refractivity contribution in [1.29, 1.82) is 0 Å². The molecule has 0 radical (unpaired) electrons. The molecule has 124 valence electrons. The van der Waals surface area contributed by atoms with Crippen LogP contribution in [0.2, 0.25) is 0 Å². The molecular weight excluding hydrogens is 258 g/mol. The number of rotatable bonds is 5. The first-order valence-electron chi connectivity index (χ1n) is 9.05. The number of hydrogen-bond acceptors (Lipinski definition) is 3. The van der Waals surface area contributed by atoms with E-state index < -0.39 is 0 Å². The minimum Gasteiger partial charge on any atom is -0.312 e. The van der Waals surface area contributed by atoms with Crippen LogP contribution in [0, 0.1) is 11.8 Å². The van der Waals surface area contributed by atoms with Crippen molar-refractivity contribution in [3.8, 4) is 0 Å². The molecule has 1 saturated heterocycles. The van der Waals surface area contributed by atoms with Gasteiger partial charge in [-0.1, -0.05) is 13.8 Å². The molecule has 1 aliphatic carbocycles. The number of likely N-dealkylation sites (N-methyl/N-ethyl adjacent to an activating group) is 1. The summed E-state index contributed by atoms with van der Waals surface area (Å²) in [6.07, 6.45) is 5.60. The Morgan fingerprint density at radius 1 is 1.00 bits per heavy atom. The lowest BCUT2D eigenvalue weighted by molar-refractivity contribution is 0.0583. The van der Waals surface area contributed by atoms with E-state index in [1.165, 1.54) is 51.9 Å². The van der Waals surface area contributed by atoms with Gasteiger partial charge in [0, 0.05) is 44.3 Å². The highest BCUT2D eigenvalue weighted by molar-refractivity contribution is 4.89. The average molecular weight is 296 g/mol. The zero-order valence-electron chi connectivity index (χ0n) is 15.0. The molecule has 0 amide bonds. The van der Waals surface area contributed by atoms with Gasteiger partial charge < -0.3 is 10.2 Å². The lowest BCUT2D eigenvalue weighted by atomic mass is 9.79. The predicted octanol–water partition coefficient (Wildman–Crippen LogP) is 2.82. The second kappa shape index (κ2) is 7.43. The van der Waals surface area contributed by atoms with Crippen LogP contribution < -0.4 is 5.32 Å². The summed E-state index contributed by atoms with van der Waals surface area (Å²) in [7, 11) is 2.23. The third-order valence-electron chi connectivity index (χ3n) is 5.90. The molecule has 0 aromatic carbocycles. The number of nitrogens with one attached hydrogen (secondary N) is 1. The van der Waals surface area contributed by atoms with E-state index in [2.05, 4.69) is 49.9 Å². The molecule has 1 saturated carbocycles. The highest BCUT2D eigenvalue weighted by Crippen LogP contribution is 2.30. The molecule has 3 nitrogen and oxygen atoms in total. The molecule has 1 N–H and O–H groups in total.